The molecule has 1 aliphatic carbocycles. The number of carbonyl (C=O) groups excluding carboxylic acids is 1. The summed E-state index contributed by atoms with van der Waals surface area (Å²) >= 11 is 1.70. The Hall–Kier alpha value is -3.43. The Morgan fingerprint density at radius 1 is 1.24 bits per heavy atom. The maximum Gasteiger partial charge on any atom is 0.239 e. The van der Waals surface area contributed by atoms with Gasteiger partial charge in [-0.1, -0.05) is 44.0 Å². The van der Waals surface area contributed by atoms with Crippen LogP contribution >= 0.6 is 11.3 Å². The van der Waals surface area contributed by atoms with E-state index in [4.69, 9.17) is 5.41 Å². The van der Waals surface area contributed by atoms with Crippen LogP contribution in [-0.4, -0.2) is 28.8 Å². The molecule has 0 bridgehead atoms. The van der Waals surface area contributed by atoms with Crippen molar-refractivity contribution in [2.24, 2.45) is 0 Å². The summed E-state index contributed by atoms with van der Waals surface area (Å²) in [6.45, 7) is 6.16. The zero-order valence-corrected chi connectivity index (χ0v) is 20.7. The van der Waals surface area contributed by atoms with Crippen LogP contribution < -0.4 is 5.32 Å². The number of aryl methyl sites for hydroxylation is 1. The average Bonchev–Trinajstić information content (AvgIpc) is 3.40. The minimum atomic E-state index is -0.619. The minimum Gasteiger partial charge on any atom is -0.345 e. The van der Waals surface area contributed by atoms with Crippen molar-refractivity contribution in [1.29, 1.82) is 5.41 Å². The molecule has 1 unspecified atom stereocenters. The highest BCUT2D eigenvalue weighted by atomic mass is 32.1. The molecule has 5 nitrogen and oxygen atoms in total. The zero-order valence-electron chi connectivity index (χ0n) is 19.9. The lowest BCUT2D eigenvalue weighted by Gasteiger charge is -2.45. The number of hydrogen-bond acceptors (Lipinski definition) is 4. The molecular weight excluding hydrogens is 440 g/mol. The molecule has 2 aromatic heterocycles. The van der Waals surface area contributed by atoms with Crippen molar-refractivity contribution in [3.8, 4) is 22.3 Å². The fraction of sp³-hybridized carbons (Fsp3) is 0.321. The van der Waals surface area contributed by atoms with Crippen LogP contribution in [0.5, 0.6) is 0 Å². The van der Waals surface area contributed by atoms with Crippen molar-refractivity contribution >= 4 is 23.2 Å². The molecular formula is C28H28N4OS. The second-order valence-corrected chi connectivity index (χ2v) is 10.5. The van der Waals surface area contributed by atoms with Crippen LogP contribution in [-0.2, 0) is 16.8 Å². The zero-order chi connectivity index (χ0) is 24.0. The van der Waals surface area contributed by atoms with E-state index in [0.29, 0.717) is 5.92 Å². The summed E-state index contributed by atoms with van der Waals surface area (Å²) in [6.07, 6.45) is 5.29. The van der Waals surface area contributed by atoms with Crippen LogP contribution in [0.25, 0.3) is 10.4 Å². The van der Waals surface area contributed by atoms with Gasteiger partial charge in [0.2, 0.25) is 5.91 Å². The third-order valence-corrected chi connectivity index (χ3v) is 8.38. The van der Waals surface area contributed by atoms with E-state index in [-0.39, 0.29) is 11.9 Å². The molecule has 2 aliphatic rings. The second-order valence-electron chi connectivity index (χ2n) is 9.40. The van der Waals surface area contributed by atoms with E-state index in [1.54, 1.807) is 24.6 Å². The number of thiophene rings is 1. The molecule has 172 valence electrons. The molecule has 6 heteroatoms. The largest absolute Gasteiger partial charge is 0.345 e. The lowest BCUT2D eigenvalue weighted by molar-refractivity contribution is -0.132. The minimum absolute atomic E-state index is 0.0364. The Balaban J connectivity index is 1.62. The number of fused-ring (bicyclic) bond motifs is 2. The molecule has 1 saturated heterocycles. The standard InChI is InChI=1S/C28H28N4OS/c1-5-6-18-13-22(16-30-15-18)23-14-21-11-12-28(25(21)34-23)24(26(33)32(4)27(29)31-28)20-9-7-19(8-10-20)17(2)3/h7-10,13-17,24H,11-12H2,1-4H3,(H2,29,31)/t24?,28-/m0/s1. The van der Waals surface area contributed by atoms with Crippen LogP contribution in [0.1, 0.15) is 66.2 Å². The Labute approximate surface area is 204 Å². The van der Waals surface area contributed by atoms with Gasteiger partial charge in [0.05, 0.1) is 11.5 Å². The molecule has 3 aromatic rings. The predicted octanol–water partition coefficient (Wildman–Crippen LogP) is 5.23. The van der Waals surface area contributed by atoms with E-state index in [2.05, 4.69) is 72.4 Å². The average molecular weight is 469 g/mol. The topological polar surface area (TPSA) is 69.1 Å². The second kappa shape index (κ2) is 8.41. The van der Waals surface area contributed by atoms with E-state index in [1.807, 2.05) is 13.1 Å². The van der Waals surface area contributed by atoms with Crippen molar-refractivity contribution < 1.29 is 4.79 Å². The molecule has 5 rings (SSSR count). The number of rotatable bonds is 3. The molecule has 1 aromatic carbocycles. The third-order valence-electron chi connectivity index (χ3n) is 6.98. The van der Waals surface area contributed by atoms with Crippen LogP contribution in [0, 0.1) is 17.3 Å². The Morgan fingerprint density at radius 3 is 2.71 bits per heavy atom. The van der Waals surface area contributed by atoms with Gasteiger partial charge in [0.25, 0.3) is 0 Å². The number of pyridine rings is 1. The summed E-state index contributed by atoms with van der Waals surface area (Å²) in [5.74, 6) is 6.17. The monoisotopic (exact) mass is 468 g/mol. The highest BCUT2D eigenvalue weighted by molar-refractivity contribution is 7.16. The number of nitrogens with zero attached hydrogens (tertiary/aromatic N) is 2. The Bertz CT molecular complexity index is 1340. The summed E-state index contributed by atoms with van der Waals surface area (Å²) in [4.78, 5) is 21.7. The van der Waals surface area contributed by atoms with E-state index in [0.717, 1.165) is 39.3 Å². The van der Waals surface area contributed by atoms with Crippen molar-refractivity contribution in [1.82, 2.24) is 15.2 Å². The first kappa shape index (κ1) is 22.4. The van der Waals surface area contributed by atoms with Crippen LogP contribution in [0.3, 0.4) is 0 Å². The number of hydrogen-bond donors (Lipinski definition) is 2. The van der Waals surface area contributed by atoms with Gasteiger partial charge in [-0.2, -0.15) is 0 Å². The number of likely N-dealkylation sites (N-methyl/N-ethyl adjacent to an activating group) is 1. The molecule has 3 heterocycles. The first-order valence-electron chi connectivity index (χ1n) is 11.6. The molecule has 2 N–H and O–H groups in total. The lowest BCUT2D eigenvalue weighted by Crippen LogP contribution is -2.62. The maximum absolute atomic E-state index is 13.6. The number of nitrogens with one attached hydrogen (secondary N) is 2. The van der Waals surface area contributed by atoms with Crippen molar-refractivity contribution in [3.63, 3.8) is 0 Å². The number of amides is 1. The summed E-state index contributed by atoms with van der Waals surface area (Å²) in [5, 5.41) is 12.0. The van der Waals surface area contributed by atoms with Gasteiger partial charge >= 0.3 is 0 Å². The SMILES string of the molecule is CC#Cc1cncc(-c2cc3c(s2)[C@@]2(CC3)NC(=N)N(C)C(=O)C2c2ccc(C(C)C)cc2)c1. The number of aromatic nitrogens is 1. The van der Waals surface area contributed by atoms with Gasteiger partial charge in [0, 0.05) is 40.3 Å². The molecule has 0 radical (unpaired) electrons. The maximum atomic E-state index is 13.6. The molecule has 1 fully saturated rings. The molecule has 0 saturated carbocycles. The Kier molecular flexibility index (Phi) is 5.53. The van der Waals surface area contributed by atoms with Crippen LogP contribution in [0.15, 0.2) is 48.8 Å². The van der Waals surface area contributed by atoms with Gasteiger partial charge in [-0.25, -0.2) is 0 Å². The Morgan fingerprint density at radius 2 is 2.00 bits per heavy atom. The van der Waals surface area contributed by atoms with Crippen LogP contribution in [0.2, 0.25) is 0 Å². The molecule has 1 spiro atoms. The van der Waals surface area contributed by atoms with Gasteiger partial charge in [-0.05, 0) is 54.5 Å². The highest BCUT2D eigenvalue weighted by Crippen LogP contribution is 2.53. The molecule has 2 atom stereocenters. The number of guanidine groups is 1. The van der Waals surface area contributed by atoms with Crippen LogP contribution in [0.4, 0.5) is 0 Å². The quantitative estimate of drug-likeness (QED) is 0.518. The molecule has 1 aliphatic heterocycles. The molecule has 34 heavy (non-hydrogen) atoms. The van der Waals surface area contributed by atoms with E-state index < -0.39 is 11.5 Å². The van der Waals surface area contributed by atoms with Gasteiger partial charge in [-0.15, -0.1) is 17.3 Å². The highest BCUT2D eigenvalue weighted by Gasteiger charge is 2.55. The van der Waals surface area contributed by atoms with E-state index >= 15 is 0 Å². The van der Waals surface area contributed by atoms with Gasteiger partial charge in [0.1, 0.15) is 0 Å². The van der Waals surface area contributed by atoms with Gasteiger partial charge in [-0.3, -0.25) is 20.1 Å². The first-order chi connectivity index (χ1) is 16.3. The first-order valence-corrected chi connectivity index (χ1v) is 12.4. The van der Waals surface area contributed by atoms with E-state index in [1.165, 1.54) is 16.0 Å². The summed E-state index contributed by atoms with van der Waals surface area (Å²) in [5.41, 5.74) is 4.79. The van der Waals surface area contributed by atoms with Gasteiger partial charge < -0.3 is 5.32 Å². The predicted molar refractivity (Wildman–Crippen MR) is 137 cm³/mol. The lowest BCUT2D eigenvalue weighted by atomic mass is 9.75. The van der Waals surface area contributed by atoms with Crippen molar-refractivity contribution in [3.05, 3.63) is 75.9 Å². The number of carbonyl (C=O) groups is 1. The summed E-state index contributed by atoms with van der Waals surface area (Å²) in [7, 11) is 1.68. The fourth-order valence-corrected chi connectivity index (χ4v) is 6.54. The third kappa shape index (κ3) is 3.52. The number of benzene rings is 1. The van der Waals surface area contributed by atoms with Crippen molar-refractivity contribution in [2.75, 3.05) is 7.05 Å². The smallest absolute Gasteiger partial charge is 0.239 e. The van der Waals surface area contributed by atoms with Gasteiger partial charge in [0.15, 0.2) is 5.96 Å². The normalized spacial score (nSPS) is 21.4. The summed E-state index contributed by atoms with van der Waals surface area (Å²) in [6, 6.07) is 12.7. The fourth-order valence-electron chi connectivity index (χ4n) is 5.14. The summed E-state index contributed by atoms with van der Waals surface area (Å²) < 4.78 is 0. The molecule has 1 amide bonds. The van der Waals surface area contributed by atoms with Crippen molar-refractivity contribution in [2.45, 2.75) is 51.0 Å². The van der Waals surface area contributed by atoms with E-state index in [9.17, 15) is 4.79 Å².